The second-order valence-electron chi connectivity index (χ2n) is 6.56. The van der Waals surface area contributed by atoms with Crippen LogP contribution in [0.25, 0.3) is 0 Å². The summed E-state index contributed by atoms with van der Waals surface area (Å²) in [6, 6.07) is 9.21. The summed E-state index contributed by atoms with van der Waals surface area (Å²) < 4.78 is 7.45. The van der Waals surface area contributed by atoms with Gasteiger partial charge in [-0.2, -0.15) is 5.10 Å². The molecule has 1 aromatic heterocycles. The van der Waals surface area contributed by atoms with Crippen LogP contribution in [0, 0.1) is 24.0 Å². The highest BCUT2D eigenvalue weighted by Gasteiger charge is 2.14. The molecule has 8 nitrogen and oxygen atoms in total. The summed E-state index contributed by atoms with van der Waals surface area (Å²) in [4.78, 5) is 23.0. The van der Waals surface area contributed by atoms with Crippen molar-refractivity contribution in [3.8, 4) is 11.5 Å². The predicted octanol–water partition coefficient (Wildman–Crippen LogP) is 4.88. The molecule has 9 heteroatoms. The molecule has 3 rings (SSSR count). The van der Waals surface area contributed by atoms with Crippen molar-refractivity contribution in [1.29, 1.82) is 0 Å². The van der Waals surface area contributed by atoms with E-state index < -0.39 is 4.92 Å². The Hall–Kier alpha value is -3.39. The molecule has 0 spiro atoms. The molecule has 0 saturated carbocycles. The molecule has 3 aromatic rings. The molecule has 1 amide bonds. The summed E-state index contributed by atoms with van der Waals surface area (Å²) in [7, 11) is 0. The van der Waals surface area contributed by atoms with E-state index in [1.807, 2.05) is 20.0 Å². The molecule has 1 N–H and O–H groups in total. The molecule has 0 aliphatic heterocycles. The van der Waals surface area contributed by atoms with E-state index in [0.29, 0.717) is 17.3 Å². The highest BCUT2D eigenvalue weighted by molar-refractivity contribution is 6.30. The van der Waals surface area contributed by atoms with E-state index in [2.05, 4.69) is 10.4 Å². The van der Waals surface area contributed by atoms with Crippen molar-refractivity contribution >= 4 is 28.9 Å². The Kier molecular flexibility index (Phi) is 6.13. The van der Waals surface area contributed by atoms with Gasteiger partial charge in [0.2, 0.25) is 5.91 Å². The second kappa shape index (κ2) is 8.74. The van der Waals surface area contributed by atoms with Crippen molar-refractivity contribution in [3.63, 3.8) is 0 Å². The first-order valence-corrected chi connectivity index (χ1v) is 9.20. The smallest absolute Gasteiger partial charge is 0.275 e. The number of rotatable bonds is 7. The lowest BCUT2D eigenvalue weighted by molar-refractivity contribution is -0.384. The van der Waals surface area contributed by atoms with E-state index in [1.165, 1.54) is 18.2 Å². The van der Waals surface area contributed by atoms with E-state index in [1.54, 1.807) is 29.1 Å². The van der Waals surface area contributed by atoms with Crippen LogP contribution in [0.2, 0.25) is 5.02 Å². The number of nitrogens with zero attached hydrogens (tertiary/aromatic N) is 3. The number of hydrogen-bond donors (Lipinski definition) is 1. The Bertz CT molecular complexity index is 1060. The normalized spacial score (nSPS) is 10.6. The van der Waals surface area contributed by atoms with Gasteiger partial charge < -0.3 is 10.1 Å². The van der Waals surface area contributed by atoms with Crippen LogP contribution in [-0.4, -0.2) is 20.6 Å². The third-order valence-corrected chi connectivity index (χ3v) is 4.32. The standard InChI is InChI=1S/C20H19ClN4O4/c1-13-11-22-24(12-13)6-5-20(26)23-16-8-17(25(27)28)10-18(9-16)29-19-4-3-15(21)7-14(19)2/h3-4,7-12H,5-6H2,1-2H3,(H,23,26). The maximum Gasteiger partial charge on any atom is 0.275 e. The summed E-state index contributed by atoms with van der Waals surface area (Å²) >= 11 is 5.95. The van der Waals surface area contributed by atoms with Crippen LogP contribution in [0.1, 0.15) is 17.5 Å². The number of aromatic nitrogens is 2. The van der Waals surface area contributed by atoms with Gasteiger partial charge in [0.25, 0.3) is 5.69 Å². The lowest BCUT2D eigenvalue weighted by Gasteiger charge is -2.11. The minimum atomic E-state index is -0.538. The number of ether oxygens (including phenoxy) is 1. The van der Waals surface area contributed by atoms with Gasteiger partial charge in [-0.25, -0.2) is 0 Å². The van der Waals surface area contributed by atoms with Gasteiger partial charge in [-0.05, 0) is 43.2 Å². The maximum absolute atomic E-state index is 12.3. The highest BCUT2D eigenvalue weighted by atomic mass is 35.5. The zero-order valence-corrected chi connectivity index (χ0v) is 16.6. The second-order valence-corrected chi connectivity index (χ2v) is 7.00. The molecule has 1 heterocycles. The summed E-state index contributed by atoms with van der Waals surface area (Å²) in [6.45, 7) is 4.14. The van der Waals surface area contributed by atoms with Gasteiger partial charge in [0, 0.05) is 36.3 Å². The third-order valence-electron chi connectivity index (χ3n) is 4.08. The zero-order chi connectivity index (χ0) is 21.0. The topological polar surface area (TPSA) is 99.3 Å². The number of carbonyl (C=O) groups excluding carboxylic acids is 1. The van der Waals surface area contributed by atoms with Crippen LogP contribution in [-0.2, 0) is 11.3 Å². The number of nitro groups is 1. The average molecular weight is 415 g/mol. The van der Waals surface area contributed by atoms with E-state index in [4.69, 9.17) is 16.3 Å². The average Bonchev–Trinajstić information content (AvgIpc) is 3.07. The predicted molar refractivity (Wildman–Crippen MR) is 110 cm³/mol. The van der Waals surface area contributed by atoms with Gasteiger partial charge in [0.05, 0.1) is 22.9 Å². The molecule has 0 bridgehead atoms. The van der Waals surface area contributed by atoms with Crippen LogP contribution in [0.3, 0.4) is 0 Å². The van der Waals surface area contributed by atoms with Gasteiger partial charge in [-0.3, -0.25) is 19.6 Å². The van der Waals surface area contributed by atoms with Gasteiger partial charge in [0.1, 0.15) is 11.5 Å². The van der Waals surface area contributed by atoms with Crippen molar-refractivity contribution < 1.29 is 14.5 Å². The fraction of sp³-hybridized carbons (Fsp3) is 0.200. The van der Waals surface area contributed by atoms with Crippen LogP contribution < -0.4 is 10.1 Å². The fourth-order valence-electron chi connectivity index (χ4n) is 2.70. The van der Waals surface area contributed by atoms with Crippen LogP contribution in [0.5, 0.6) is 11.5 Å². The molecule has 0 radical (unpaired) electrons. The molecule has 2 aromatic carbocycles. The molecule has 0 fully saturated rings. The molecule has 29 heavy (non-hydrogen) atoms. The lowest BCUT2D eigenvalue weighted by Crippen LogP contribution is -2.15. The highest BCUT2D eigenvalue weighted by Crippen LogP contribution is 2.32. The Morgan fingerprint density at radius 2 is 2.07 bits per heavy atom. The molecular weight excluding hydrogens is 396 g/mol. The number of benzene rings is 2. The number of nitro benzene ring substituents is 1. The number of amides is 1. The molecular formula is C20H19ClN4O4. The van der Waals surface area contributed by atoms with E-state index in [9.17, 15) is 14.9 Å². The van der Waals surface area contributed by atoms with Crippen molar-refractivity contribution in [1.82, 2.24) is 9.78 Å². The fourth-order valence-corrected chi connectivity index (χ4v) is 2.93. The number of anilines is 1. The van der Waals surface area contributed by atoms with Crippen molar-refractivity contribution in [2.45, 2.75) is 26.8 Å². The van der Waals surface area contributed by atoms with Crippen molar-refractivity contribution in [3.05, 3.63) is 75.1 Å². The molecule has 0 atom stereocenters. The Labute approximate surface area is 172 Å². The first-order chi connectivity index (χ1) is 13.8. The van der Waals surface area contributed by atoms with Gasteiger partial charge in [-0.1, -0.05) is 11.6 Å². The monoisotopic (exact) mass is 414 g/mol. The van der Waals surface area contributed by atoms with Crippen LogP contribution >= 0.6 is 11.6 Å². The Balaban J connectivity index is 1.75. The lowest BCUT2D eigenvalue weighted by atomic mass is 10.2. The zero-order valence-electron chi connectivity index (χ0n) is 15.9. The molecule has 0 aliphatic rings. The summed E-state index contributed by atoms with van der Waals surface area (Å²) in [5, 5.41) is 18.6. The largest absolute Gasteiger partial charge is 0.457 e. The molecule has 150 valence electrons. The van der Waals surface area contributed by atoms with Crippen molar-refractivity contribution in [2.75, 3.05) is 5.32 Å². The van der Waals surface area contributed by atoms with Crippen molar-refractivity contribution in [2.24, 2.45) is 0 Å². The molecule has 0 aliphatic carbocycles. The Morgan fingerprint density at radius 1 is 1.28 bits per heavy atom. The first kappa shape index (κ1) is 20.3. The number of halogens is 1. The van der Waals surface area contributed by atoms with Crippen LogP contribution in [0.15, 0.2) is 48.8 Å². The number of non-ortho nitro benzene ring substituents is 1. The quantitative estimate of drug-likeness (QED) is 0.438. The molecule has 0 saturated heterocycles. The number of aryl methyl sites for hydroxylation is 3. The van der Waals surface area contributed by atoms with E-state index >= 15 is 0 Å². The summed E-state index contributed by atoms with van der Waals surface area (Å²) in [5.74, 6) is 0.469. The van der Waals surface area contributed by atoms with Gasteiger partial charge in [0.15, 0.2) is 0 Å². The summed E-state index contributed by atoms with van der Waals surface area (Å²) in [5.41, 5.74) is 1.88. The molecule has 0 unspecified atom stereocenters. The number of nitrogens with one attached hydrogen (secondary N) is 1. The number of carbonyl (C=O) groups is 1. The van der Waals surface area contributed by atoms with Gasteiger partial charge >= 0.3 is 0 Å². The Morgan fingerprint density at radius 3 is 2.72 bits per heavy atom. The SMILES string of the molecule is Cc1cnn(CCC(=O)Nc2cc(Oc3ccc(Cl)cc3C)cc([N+](=O)[O-])c2)c1. The number of hydrogen-bond acceptors (Lipinski definition) is 5. The minimum absolute atomic E-state index is 0.177. The van der Waals surface area contributed by atoms with Gasteiger partial charge in [-0.15, -0.1) is 0 Å². The third kappa shape index (κ3) is 5.55. The summed E-state index contributed by atoms with van der Waals surface area (Å²) in [6.07, 6.45) is 3.72. The minimum Gasteiger partial charge on any atom is -0.457 e. The van der Waals surface area contributed by atoms with E-state index in [-0.39, 0.29) is 29.5 Å². The first-order valence-electron chi connectivity index (χ1n) is 8.82. The maximum atomic E-state index is 12.3. The van der Waals surface area contributed by atoms with E-state index in [0.717, 1.165) is 11.1 Å². The van der Waals surface area contributed by atoms with Crippen LogP contribution in [0.4, 0.5) is 11.4 Å².